The third-order valence-corrected chi connectivity index (χ3v) is 4.43. The molecule has 3 aliphatic rings. The monoisotopic (exact) mass is 220 g/mol. The summed E-state index contributed by atoms with van der Waals surface area (Å²) in [6.45, 7) is 8.19. The maximum atomic E-state index is 5.75. The Labute approximate surface area is 97.3 Å². The van der Waals surface area contributed by atoms with Gasteiger partial charge in [-0.1, -0.05) is 32.9 Å². The summed E-state index contributed by atoms with van der Waals surface area (Å²) in [5, 5.41) is 0. The first-order valence-corrected chi connectivity index (χ1v) is 6.17. The van der Waals surface area contributed by atoms with E-state index in [1.807, 2.05) is 0 Å². The highest BCUT2D eigenvalue weighted by Gasteiger charge is 2.50. The summed E-state index contributed by atoms with van der Waals surface area (Å²) in [4.78, 5) is 0. The fraction of sp³-hybridized carbons (Fsp3) is 0.714. The van der Waals surface area contributed by atoms with E-state index in [4.69, 9.17) is 9.47 Å². The molecule has 1 aliphatic heterocycles. The van der Waals surface area contributed by atoms with Gasteiger partial charge in [-0.2, -0.15) is 0 Å². The Balaban J connectivity index is 2.07. The van der Waals surface area contributed by atoms with Crippen molar-refractivity contribution in [2.75, 3.05) is 13.4 Å². The van der Waals surface area contributed by atoms with Crippen LogP contribution in [-0.4, -0.2) is 19.5 Å². The zero-order chi connectivity index (χ0) is 11.4. The van der Waals surface area contributed by atoms with E-state index in [-0.39, 0.29) is 11.5 Å². The van der Waals surface area contributed by atoms with Crippen molar-refractivity contribution in [3.05, 3.63) is 23.3 Å². The molecule has 1 saturated heterocycles. The third-order valence-electron chi connectivity index (χ3n) is 4.43. The average Bonchev–Trinajstić information content (AvgIpc) is 2.53. The minimum absolute atomic E-state index is 0.0608. The van der Waals surface area contributed by atoms with Crippen LogP contribution < -0.4 is 0 Å². The molecule has 0 bridgehead atoms. The van der Waals surface area contributed by atoms with Gasteiger partial charge in [0.15, 0.2) is 0 Å². The highest BCUT2D eigenvalue weighted by atomic mass is 16.7. The molecule has 3 rings (SSSR count). The molecule has 2 aliphatic carbocycles. The Bertz CT molecular complexity index is 378. The van der Waals surface area contributed by atoms with Crippen molar-refractivity contribution in [3.8, 4) is 0 Å². The predicted octanol–water partition coefficient (Wildman–Crippen LogP) is 3.05. The lowest BCUT2D eigenvalue weighted by Crippen LogP contribution is -2.41. The molecule has 0 unspecified atom stereocenters. The van der Waals surface area contributed by atoms with E-state index >= 15 is 0 Å². The second kappa shape index (κ2) is 3.21. The quantitative estimate of drug-likeness (QED) is 0.624. The molecule has 0 saturated carbocycles. The standard InChI is InChI=1S/C14H20O2/c1-13(2)6-4-5-10-11(13)7-12-14(10,3)8-15-9-16-12/h5,7,12H,4,6,8-9H2,1-3H3/t12-,14+/m1/s1. The molecule has 88 valence electrons. The van der Waals surface area contributed by atoms with Gasteiger partial charge in [-0.25, -0.2) is 0 Å². The number of allylic oxidation sites excluding steroid dienone is 2. The van der Waals surface area contributed by atoms with Gasteiger partial charge in [0.05, 0.1) is 12.7 Å². The molecule has 0 amide bonds. The molecular weight excluding hydrogens is 200 g/mol. The van der Waals surface area contributed by atoms with E-state index in [1.165, 1.54) is 24.0 Å². The molecule has 0 aromatic heterocycles. The first-order chi connectivity index (χ1) is 7.54. The van der Waals surface area contributed by atoms with Gasteiger partial charge in [-0.05, 0) is 29.4 Å². The Morgan fingerprint density at radius 2 is 2.06 bits per heavy atom. The Morgan fingerprint density at radius 1 is 1.25 bits per heavy atom. The highest BCUT2D eigenvalue weighted by molar-refractivity contribution is 5.50. The van der Waals surface area contributed by atoms with E-state index in [0.717, 1.165) is 6.61 Å². The molecule has 0 aromatic rings. The van der Waals surface area contributed by atoms with Crippen molar-refractivity contribution >= 4 is 0 Å². The normalized spacial score (nSPS) is 40.8. The van der Waals surface area contributed by atoms with Crippen LogP contribution in [0.5, 0.6) is 0 Å². The smallest absolute Gasteiger partial charge is 0.147 e. The van der Waals surface area contributed by atoms with Crippen LogP contribution in [0.4, 0.5) is 0 Å². The molecule has 2 heteroatoms. The van der Waals surface area contributed by atoms with Crippen LogP contribution in [0.1, 0.15) is 33.6 Å². The van der Waals surface area contributed by atoms with Crippen molar-refractivity contribution in [1.82, 2.24) is 0 Å². The zero-order valence-electron chi connectivity index (χ0n) is 10.4. The molecule has 2 nitrogen and oxygen atoms in total. The van der Waals surface area contributed by atoms with E-state index in [0.29, 0.717) is 12.2 Å². The maximum Gasteiger partial charge on any atom is 0.147 e. The van der Waals surface area contributed by atoms with E-state index in [9.17, 15) is 0 Å². The van der Waals surface area contributed by atoms with Crippen molar-refractivity contribution in [2.24, 2.45) is 10.8 Å². The van der Waals surface area contributed by atoms with Crippen molar-refractivity contribution in [3.63, 3.8) is 0 Å². The minimum atomic E-state index is 0.0608. The van der Waals surface area contributed by atoms with Gasteiger partial charge in [-0.15, -0.1) is 0 Å². The van der Waals surface area contributed by atoms with Gasteiger partial charge < -0.3 is 9.47 Å². The Hall–Kier alpha value is -0.600. The summed E-state index contributed by atoms with van der Waals surface area (Å²) in [7, 11) is 0. The first kappa shape index (κ1) is 10.5. The second-order valence-corrected chi connectivity index (χ2v) is 6.09. The van der Waals surface area contributed by atoms with Gasteiger partial charge in [-0.3, -0.25) is 0 Å². The van der Waals surface area contributed by atoms with Gasteiger partial charge in [0.25, 0.3) is 0 Å². The van der Waals surface area contributed by atoms with Gasteiger partial charge in [0.2, 0.25) is 0 Å². The largest absolute Gasteiger partial charge is 0.354 e. The predicted molar refractivity (Wildman–Crippen MR) is 63.0 cm³/mol. The summed E-state index contributed by atoms with van der Waals surface area (Å²) in [5.74, 6) is 0. The summed E-state index contributed by atoms with van der Waals surface area (Å²) >= 11 is 0. The summed E-state index contributed by atoms with van der Waals surface area (Å²) < 4.78 is 11.3. The van der Waals surface area contributed by atoms with Gasteiger partial charge in [0, 0.05) is 5.41 Å². The molecule has 1 fully saturated rings. The number of ether oxygens (including phenoxy) is 2. The van der Waals surface area contributed by atoms with Crippen molar-refractivity contribution < 1.29 is 9.47 Å². The number of rotatable bonds is 0. The summed E-state index contributed by atoms with van der Waals surface area (Å²) in [5.41, 5.74) is 3.34. The van der Waals surface area contributed by atoms with Crippen LogP contribution in [0.25, 0.3) is 0 Å². The molecule has 1 heterocycles. The average molecular weight is 220 g/mol. The van der Waals surface area contributed by atoms with E-state index in [1.54, 1.807) is 0 Å². The van der Waals surface area contributed by atoms with Crippen LogP contribution in [-0.2, 0) is 9.47 Å². The lowest BCUT2D eigenvalue weighted by molar-refractivity contribution is -0.172. The van der Waals surface area contributed by atoms with Crippen LogP contribution in [0, 0.1) is 10.8 Å². The molecule has 16 heavy (non-hydrogen) atoms. The van der Waals surface area contributed by atoms with E-state index < -0.39 is 0 Å². The fourth-order valence-electron chi connectivity index (χ4n) is 3.30. The van der Waals surface area contributed by atoms with E-state index in [2.05, 4.69) is 32.9 Å². The highest BCUT2D eigenvalue weighted by Crippen LogP contribution is 2.54. The van der Waals surface area contributed by atoms with Gasteiger partial charge in [0.1, 0.15) is 6.79 Å². The Kier molecular flexibility index (Phi) is 2.11. The molecule has 0 radical (unpaired) electrons. The lowest BCUT2D eigenvalue weighted by atomic mass is 9.69. The molecule has 2 atom stereocenters. The lowest BCUT2D eigenvalue weighted by Gasteiger charge is -2.40. The minimum Gasteiger partial charge on any atom is -0.354 e. The molecule has 0 aromatic carbocycles. The van der Waals surface area contributed by atoms with Crippen molar-refractivity contribution in [2.45, 2.75) is 39.7 Å². The van der Waals surface area contributed by atoms with Crippen LogP contribution in [0.2, 0.25) is 0 Å². The second-order valence-electron chi connectivity index (χ2n) is 6.09. The fourth-order valence-corrected chi connectivity index (χ4v) is 3.30. The number of hydrogen-bond donors (Lipinski definition) is 0. The SMILES string of the molecule is CC1(C)CCC=C2C1=C[C@H]1OCOC[C@@]21C. The first-order valence-electron chi connectivity index (χ1n) is 6.17. The summed E-state index contributed by atoms with van der Waals surface area (Å²) in [6.07, 6.45) is 7.39. The van der Waals surface area contributed by atoms with Crippen molar-refractivity contribution in [1.29, 1.82) is 0 Å². The Morgan fingerprint density at radius 3 is 2.88 bits per heavy atom. The number of hydrogen-bond acceptors (Lipinski definition) is 2. The maximum absolute atomic E-state index is 5.75. The summed E-state index contributed by atoms with van der Waals surface area (Å²) in [6, 6.07) is 0. The topological polar surface area (TPSA) is 18.5 Å². The zero-order valence-corrected chi connectivity index (χ0v) is 10.4. The molecule has 0 N–H and O–H groups in total. The van der Waals surface area contributed by atoms with Gasteiger partial charge >= 0.3 is 0 Å². The van der Waals surface area contributed by atoms with Crippen LogP contribution in [0.15, 0.2) is 23.3 Å². The third kappa shape index (κ3) is 1.26. The molecular formula is C14H20O2. The van der Waals surface area contributed by atoms with Crippen LogP contribution in [0.3, 0.4) is 0 Å². The number of fused-ring (bicyclic) bond motifs is 3. The van der Waals surface area contributed by atoms with Crippen LogP contribution >= 0.6 is 0 Å². The molecule has 0 spiro atoms.